The number of halogens is 1. The number of carbonyl (C=O) groups excluding carboxylic acids is 2. The van der Waals surface area contributed by atoms with Crippen molar-refractivity contribution in [2.45, 2.75) is 0 Å². The molecule has 1 amide bonds. The second kappa shape index (κ2) is 5.01. The minimum Gasteiger partial charge on any atom is -0.462 e. The van der Waals surface area contributed by atoms with Crippen molar-refractivity contribution >= 4 is 40.1 Å². The smallest absolute Gasteiger partial charge is 0.396 e. The fourth-order valence-corrected chi connectivity index (χ4v) is 1.72. The molecule has 0 aliphatic rings. The molecule has 0 atom stereocenters. The third kappa shape index (κ3) is 2.26. The van der Waals surface area contributed by atoms with Gasteiger partial charge in [0, 0.05) is 11.6 Å². The molecule has 0 radical (unpaired) electrons. The van der Waals surface area contributed by atoms with Crippen molar-refractivity contribution in [3.05, 3.63) is 35.5 Å². The third-order valence-electron chi connectivity index (χ3n) is 2.34. The van der Waals surface area contributed by atoms with Crippen molar-refractivity contribution in [3.63, 3.8) is 0 Å². The first-order valence-corrected chi connectivity index (χ1v) is 5.44. The number of amides is 1. The number of nitrogens with zero attached hydrogens (tertiary/aromatic N) is 1. The molecule has 0 aliphatic heterocycles. The molecule has 0 aliphatic carbocycles. The standard InChI is InChI=1S/C12H9ClN2O3/c1-18-12(17)11(16)15-9-5-4-8(13)7-3-2-6-14-10(7)9/h2-6H,1H3,(H,15,16). The minimum atomic E-state index is -0.964. The number of aromatic nitrogens is 1. The van der Waals surface area contributed by atoms with Crippen LogP contribution in [0, 0.1) is 0 Å². The van der Waals surface area contributed by atoms with E-state index in [9.17, 15) is 9.59 Å². The van der Waals surface area contributed by atoms with Gasteiger partial charge < -0.3 is 10.1 Å². The van der Waals surface area contributed by atoms with Gasteiger partial charge in [-0.1, -0.05) is 11.6 Å². The second-order valence-electron chi connectivity index (χ2n) is 3.44. The highest BCUT2D eigenvalue weighted by Gasteiger charge is 2.15. The van der Waals surface area contributed by atoms with Gasteiger partial charge in [0.25, 0.3) is 0 Å². The number of fused-ring (bicyclic) bond motifs is 1. The molecule has 6 heteroatoms. The van der Waals surface area contributed by atoms with Crippen molar-refractivity contribution < 1.29 is 14.3 Å². The van der Waals surface area contributed by atoms with Crippen molar-refractivity contribution in [1.29, 1.82) is 0 Å². The van der Waals surface area contributed by atoms with Gasteiger partial charge in [-0.15, -0.1) is 0 Å². The molecule has 18 heavy (non-hydrogen) atoms. The molecule has 0 unspecified atom stereocenters. The van der Waals surface area contributed by atoms with E-state index in [2.05, 4.69) is 15.0 Å². The number of nitrogens with one attached hydrogen (secondary N) is 1. The van der Waals surface area contributed by atoms with Gasteiger partial charge in [-0.2, -0.15) is 0 Å². The molecular weight excluding hydrogens is 256 g/mol. The second-order valence-corrected chi connectivity index (χ2v) is 3.85. The van der Waals surface area contributed by atoms with E-state index < -0.39 is 11.9 Å². The summed E-state index contributed by atoms with van der Waals surface area (Å²) in [6.45, 7) is 0. The number of hydrogen-bond donors (Lipinski definition) is 1. The molecule has 0 spiro atoms. The van der Waals surface area contributed by atoms with E-state index in [-0.39, 0.29) is 0 Å². The summed E-state index contributed by atoms with van der Waals surface area (Å²) in [6.07, 6.45) is 1.58. The van der Waals surface area contributed by atoms with Crippen LogP contribution in [0.1, 0.15) is 0 Å². The van der Waals surface area contributed by atoms with E-state index >= 15 is 0 Å². The maximum absolute atomic E-state index is 11.4. The predicted octanol–water partition coefficient (Wildman–Crippen LogP) is 2.00. The van der Waals surface area contributed by atoms with Crippen molar-refractivity contribution in [2.75, 3.05) is 12.4 Å². The minimum absolute atomic E-state index is 0.408. The lowest BCUT2D eigenvalue weighted by Crippen LogP contribution is -2.24. The number of esters is 1. The molecule has 0 saturated heterocycles. The Kier molecular flexibility index (Phi) is 3.43. The SMILES string of the molecule is COC(=O)C(=O)Nc1ccc(Cl)c2cccnc12. The molecule has 0 saturated carbocycles. The van der Waals surface area contributed by atoms with Crippen LogP contribution < -0.4 is 5.32 Å². The van der Waals surface area contributed by atoms with E-state index in [0.717, 1.165) is 7.11 Å². The first kappa shape index (κ1) is 12.3. The van der Waals surface area contributed by atoms with Gasteiger partial charge in [-0.3, -0.25) is 9.78 Å². The van der Waals surface area contributed by atoms with Crippen LogP contribution in [0.2, 0.25) is 5.02 Å². The van der Waals surface area contributed by atoms with Gasteiger partial charge in [0.2, 0.25) is 0 Å². The summed E-state index contributed by atoms with van der Waals surface area (Å²) in [7, 11) is 1.14. The van der Waals surface area contributed by atoms with E-state index in [4.69, 9.17) is 11.6 Å². The highest BCUT2D eigenvalue weighted by atomic mass is 35.5. The molecule has 1 aromatic carbocycles. The number of rotatable bonds is 1. The van der Waals surface area contributed by atoms with E-state index in [1.165, 1.54) is 0 Å². The third-order valence-corrected chi connectivity index (χ3v) is 2.67. The lowest BCUT2D eigenvalue weighted by molar-refractivity contribution is -0.150. The largest absolute Gasteiger partial charge is 0.462 e. The van der Waals surface area contributed by atoms with Gasteiger partial charge in [-0.25, -0.2) is 4.79 Å². The number of hydrogen-bond acceptors (Lipinski definition) is 4. The van der Waals surface area contributed by atoms with Crippen LogP contribution in [-0.4, -0.2) is 24.0 Å². The topological polar surface area (TPSA) is 68.3 Å². The molecule has 0 fully saturated rings. The van der Waals surface area contributed by atoms with Crippen LogP contribution in [-0.2, 0) is 14.3 Å². The number of methoxy groups -OCH3 is 1. The Morgan fingerprint density at radius 2 is 2.11 bits per heavy atom. The zero-order chi connectivity index (χ0) is 13.1. The summed E-state index contributed by atoms with van der Waals surface area (Å²) >= 11 is 6.01. The predicted molar refractivity (Wildman–Crippen MR) is 67.4 cm³/mol. The van der Waals surface area contributed by atoms with Crippen molar-refractivity contribution in [3.8, 4) is 0 Å². The quantitative estimate of drug-likeness (QED) is 0.632. The zero-order valence-electron chi connectivity index (χ0n) is 9.44. The number of pyridine rings is 1. The average Bonchev–Trinajstić information content (AvgIpc) is 2.41. The van der Waals surface area contributed by atoms with Gasteiger partial charge in [0.1, 0.15) is 0 Å². The molecule has 1 aromatic heterocycles. The molecule has 2 aromatic rings. The molecule has 92 valence electrons. The molecular formula is C12H9ClN2O3. The highest BCUT2D eigenvalue weighted by molar-refractivity contribution is 6.39. The Hall–Kier alpha value is -2.14. The van der Waals surface area contributed by atoms with E-state index in [1.807, 2.05) is 0 Å². The fourth-order valence-electron chi connectivity index (χ4n) is 1.50. The molecule has 2 rings (SSSR count). The zero-order valence-corrected chi connectivity index (χ0v) is 10.2. The fraction of sp³-hybridized carbons (Fsp3) is 0.0833. The molecule has 5 nitrogen and oxygen atoms in total. The van der Waals surface area contributed by atoms with Crippen LogP contribution in [0.5, 0.6) is 0 Å². The first-order valence-electron chi connectivity index (χ1n) is 5.06. The van der Waals surface area contributed by atoms with Crippen LogP contribution in [0.25, 0.3) is 10.9 Å². The summed E-state index contributed by atoms with van der Waals surface area (Å²) < 4.78 is 4.32. The monoisotopic (exact) mass is 264 g/mol. The van der Waals surface area contributed by atoms with Crippen LogP contribution in [0.3, 0.4) is 0 Å². The summed E-state index contributed by atoms with van der Waals surface area (Å²) in [4.78, 5) is 26.6. The van der Waals surface area contributed by atoms with E-state index in [1.54, 1.807) is 30.5 Å². The Morgan fingerprint density at radius 1 is 1.33 bits per heavy atom. The lowest BCUT2D eigenvalue weighted by Gasteiger charge is -2.07. The highest BCUT2D eigenvalue weighted by Crippen LogP contribution is 2.27. The Labute approximate surface area is 108 Å². The van der Waals surface area contributed by atoms with E-state index in [0.29, 0.717) is 21.6 Å². The Morgan fingerprint density at radius 3 is 2.83 bits per heavy atom. The summed E-state index contributed by atoms with van der Waals surface area (Å²) in [6, 6.07) is 6.72. The van der Waals surface area contributed by atoms with Crippen LogP contribution in [0.4, 0.5) is 5.69 Å². The van der Waals surface area contributed by atoms with Crippen LogP contribution in [0.15, 0.2) is 30.5 Å². The normalized spacial score (nSPS) is 10.1. The number of ether oxygens (including phenoxy) is 1. The first-order chi connectivity index (χ1) is 8.63. The van der Waals surface area contributed by atoms with Crippen molar-refractivity contribution in [1.82, 2.24) is 4.98 Å². The van der Waals surface area contributed by atoms with Gasteiger partial charge in [0.15, 0.2) is 0 Å². The maximum Gasteiger partial charge on any atom is 0.396 e. The summed E-state index contributed by atoms with van der Waals surface area (Å²) in [5.74, 6) is -1.82. The van der Waals surface area contributed by atoms with Crippen LogP contribution >= 0.6 is 11.6 Å². The van der Waals surface area contributed by atoms with Gasteiger partial charge >= 0.3 is 11.9 Å². The van der Waals surface area contributed by atoms with Crippen molar-refractivity contribution in [2.24, 2.45) is 0 Å². The number of carbonyl (C=O) groups is 2. The Balaban J connectivity index is 2.43. The number of anilines is 1. The lowest BCUT2D eigenvalue weighted by atomic mass is 10.2. The van der Waals surface area contributed by atoms with Gasteiger partial charge in [-0.05, 0) is 24.3 Å². The Bertz CT molecular complexity index is 628. The number of benzene rings is 1. The summed E-state index contributed by atoms with van der Waals surface area (Å²) in [5.41, 5.74) is 0.924. The van der Waals surface area contributed by atoms with Gasteiger partial charge in [0.05, 0.1) is 23.3 Å². The molecule has 0 bridgehead atoms. The average molecular weight is 265 g/mol. The summed E-state index contributed by atoms with van der Waals surface area (Å²) in [5, 5.41) is 3.65. The maximum atomic E-state index is 11.4. The molecule has 1 heterocycles. The molecule has 1 N–H and O–H groups in total.